The number of carboxylic acids is 1. The molecule has 0 fully saturated rings. The minimum atomic E-state index is -0.938. The fourth-order valence-electron chi connectivity index (χ4n) is 1.55. The highest BCUT2D eigenvalue weighted by Crippen LogP contribution is 2.20. The van der Waals surface area contributed by atoms with Crippen molar-refractivity contribution in [3.8, 4) is 0 Å². The van der Waals surface area contributed by atoms with Gasteiger partial charge in [0.15, 0.2) is 0 Å². The average Bonchev–Trinajstić information content (AvgIpc) is 2.67. The summed E-state index contributed by atoms with van der Waals surface area (Å²) in [7, 11) is 0. The molecule has 0 radical (unpaired) electrons. The van der Waals surface area contributed by atoms with E-state index in [1.807, 2.05) is 13.0 Å². The Bertz CT molecular complexity index is 516. The van der Waals surface area contributed by atoms with Crippen molar-refractivity contribution in [1.29, 1.82) is 0 Å². The molecule has 84 valence electrons. The van der Waals surface area contributed by atoms with Gasteiger partial charge in [-0.1, -0.05) is 13.0 Å². The lowest BCUT2D eigenvalue weighted by molar-refractivity contribution is 0.0697. The number of nitrogens with one attached hydrogen (secondary N) is 1. The van der Waals surface area contributed by atoms with E-state index >= 15 is 0 Å². The number of aromatic carboxylic acids is 1. The van der Waals surface area contributed by atoms with Crippen LogP contribution in [0.1, 0.15) is 23.0 Å². The van der Waals surface area contributed by atoms with Crippen LogP contribution in [0.2, 0.25) is 0 Å². The van der Waals surface area contributed by atoms with Crippen LogP contribution in [0.5, 0.6) is 0 Å². The summed E-state index contributed by atoms with van der Waals surface area (Å²) < 4.78 is 5.54. The molecule has 0 aliphatic rings. The second kappa shape index (κ2) is 4.37. The minimum absolute atomic E-state index is 0.247. The van der Waals surface area contributed by atoms with E-state index < -0.39 is 5.97 Å². The first-order chi connectivity index (χ1) is 7.70. The standard InChI is InChI=1S/C12H13NO3/c1-2-13-7-10-5-8-3-4-9(12(14)15)6-11(8)16-10/h3-6,13H,2,7H2,1H3,(H,14,15). The third kappa shape index (κ3) is 2.06. The number of fused-ring (bicyclic) bond motifs is 1. The van der Waals surface area contributed by atoms with Crippen LogP contribution in [0.25, 0.3) is 11.0 Å². The van der Waals surface area contributed by atoms with Crippen LogP contribution in [0.15, 0.2) is 28.7 Å². The molecule has 1 aromatic carbocycles. The topological polar surface area (TPSA) is 62.5 Å². The first-order valence-corrected chi connectivity index (χ1v) is 5.17. The van der Waals surface area contributed by atoms with Crippen molar-refractivity contribution in [2.75, 3.05) is 6.54 Å². The number of hydrogen-bond donors (Lipinski definition) is 2. The van der Waals surface area contributed by atoms with Gasteiger partial charge in [0.25, 0.3) is 0 Å². The summed E-state index contributed by atoms with van der Waals surface area (Å²) in [6.07, 6.45) is 0. The van der Waals surface area contributed by atoms with Crippen LogP contribution in [-0.2, 0) is 6.54 Å². The Labute approximate surface area is 92.9 Å². The van der Waals surface area contributed by atoms with Crippen molar-refractivity contribution in [2.24, 2.45) is 0 Å². The van der Waals surface area contributed by atoms with Gasteiger partial charge in [-0.15, -0.1) is 0 Å². The van der Waals surface area contributed by atoms with Crippen molar-refractivity contribution in [1.82, 2.24) is 5.32 Å². The molecule has 1 heterocycles. The summed E-state index contributed by atoms with van der Waals surface area (Å²) in [5, 5.41) is 12.9. The van der Waals surface area contributed by atoms with Crippen LogP contribution in [-0.4, -0.2) is 17.6 Å². The predicted molar refractivity (Wildman–Crippen MR) is 60.6 cm³/mol. The Morgan fingerprint density at radius 1 is 1.44 bits per heavy atom. The van der Waals surface area contributed by atoms with E-state index in [0.29, 0.717) is 12.1 Å². The predicted octanol–water partition coefficient (Wildman–Crippen LogP) is 2.24. The van der Waals surface area contributed by atoms with Crippen molar-refractivity contribution in [3.05, 3.63) is 35.6 Å². The van der Waals surface area contributed by atoms with Gasteiger partial charge in [-0.05, 0) is 24.7 Å². The number of carboxylic acid groups (broad SMARTS) is 1. The zero-order valence-corrected chi connectivity index (χ0v) is 8.99. The molecule has 2 rings (SSSR count). The summed E-state index contributed by atoms with van der Waals surface area (Å²) in [6, 6.07) is 6.81. The molecule has 2 aromatic rings. The van der Waals surface area contributed by atoms with E-state index in [9.17, 15) is 4.79 Å². The number of benzene rings is 1. The van der Waals surface area contributed by atoms with E-state index in [0.717, 1.165) is 17.7 Å². The van der Waals surface area contributed by atoms with Crippen LogP contribution >= 0.6 is 0 Å². The molecule has 0 saturated heterocycles. The largest absolute Gasteiger partial charge is 0.478 e. The van der Waals surface area contributed by atoms with Gasteiger partial charge in [0, 0.05) is 5.39 Å². The molecule has 0 aliphatic carbocycles. The third-order valence-electron chi connectivity index (χ3n) is 2.37. The van der Waals surface area contributed by atoms with Crippen molar-refractivity contribution >= 4 is 16.9 Å². The van der Waals surface area contributed by atoms with E-state index in [2.05, 4.69) is 5.32 Å². The highest BCUT2D eigenvalue weighted by molar-refractivity contribution is 5.92. The highest BCUT2D eigenvalue weighted by Gasteiger charge is 2.07. The average molecular weight is 219 g/mol. The van der Waals surface area contributed by atoms with Crippen LogP contribution < -0.4 is 5.32 Å². The fourth-order valence-corrected chi connectivity index (χ4v) is 1.55. The maximum absolute atomic E-state index is 10.8. The lowest BCUT2D eigenvalue weighted by Gasteiger charge is -1.95. The molecule has 4 nitrogen and oxygen atoms in total. The molecule has 0 aliphatic heterocycles. The van der Waals surface area contributed by atoms with Gasteiger partial charge < -0.3 is 14.8 Å². The second-order valence-corrected chi connectivity index (χ2v) is 3.55. The molecule has 1 aromatic heterocycles. The van der Waals surface area contributed by atoms with Crippen LogP contribution in [0.3, 0.4) is 0 Å². The zero-order chi connectivity index (χ0) is 11.5. The van der Waals surface area contributed by atoms with Crippen LogP contribution in [0.4, 0.5) is 0 Å². The molecule has 0 amide bonds. The van der Waals surface area contributed by atoms with E-state index in [1.165, 1.54) is 0 Å². The molecule has 16 heavy (non-hydrogen) atoms. The summed E-state index contributed by atoms with van der Waals surface area (Å²) in [5.74, 6) is -0.120. The number of carbonyl (C=O) groups is 1. The van der Waals surface area contributed by atoms with Gasteiger partial charge in [-0.25, -0.2) is 4.79 Å². The summed E-state index contributed by atoms with van der Waals surface area (Å²) in [5.41, 5.74) is 0.865. The number of hydrogen-bond acceptors (Lipinski definition) is 3. The van der Waals surface area contributed by atoms with Crippen molar-refractivity contribution < 1.29 is 14.3 Å². The van der Waals surface area contributed by atoms with Gasteiger partial charge in [0.2, 0.25) is 0 Å². The van der Waals surface area contributed by atoms with Gasteiger partial charge in [0.1, 0.15) is 11.3 Å². The summed E-state index contributed by atoms with van der Waals surface area (Å²) in [6.45, 7) is 3.55. The maximum Gasteiger partial charge on any atom is 0.335 e. The second-order valence-electron chi connectivity index (χ2n) is 3.55. The Morgan fingerprint density at radius 2 is 2.25 bits per heavy atom. The van der Waals surface area contributed by atoms with Crippen LogP contribution in [0, 0.1) is 0 Å². The smallest absolute Gasteiger partial charge is 0.335 e. The molecule has 0 unspecified atom stereocenters. The lowest BCUT2D eigenvalue weighted by Crippen LogP contribution is -2.10. The molecule has 0 bridgehead atoms. The monoisotopic (exact) mass is 219 g/mol. The third-order valence-corrected chi connectivity index (χ3v) is 2.37. The van der Waals surface area contributed by atoms with E-state index in [4.69, 9.17) is 9.52 Å². The van der Waals surface area contributed by atoms with Crippen molar-refractivity contribution in [2.45, 2.75) is 13.5 Å². The maximum atomic E-state index is 10.8. The Morgan fingerprint density at radius 3 is 2.94 bits per heavy atom. The lowest BCUT2D eigenvalue weighted by atomic mass is 10.2. The molecule has 0 atom stereocenters. The Balaban J connectivity index is 2.34. The quantitative estimate of drug-likeness (QED) is 0.827. The Kier molecular flexibility index (Phi) is 2.92. The first kappa shape index (κ1) is 10.7. The van der Waals surface area contributed by atoms with Gasteiger partial charge in [-0.3, -0.25) is 0 Å². The molecular weight excluding hydrogens is 206 g/mol. The van der Waals surface area contributed by atoms with E-state index in [-0.39, 0.29) is 5.56 Å². The SMILES string of the molecule is CCNCc1cc2ccc(C(=O)O)cc2o1. The summed E-state index contributed by atoms with van der Waals surface area (Å²) in [4.78, 5) is 10.8. The first-order valence-electron chi connectivity index (χ1n) is 5.17. The minimum Gasteiger partial charge on any atom is -0.478 e. The molecular formula is C12H13NO3. The molecule has 2 N–H and O–H groups in total. The zero-order valence-electron chi connectivity index (χ0n) is 8.99. The van der Waals surface area contributed by atoms with E-state index in [1.54, 1.807) is 18.2 Å². The highest BCUT2D eigenvalue weighted by atomic mass is 16.4. The van der Waals surface area contributed by atoms with Crippen molar-refractivity contribution in [3.63, 3.8) is 0 Å². The molecule has 0 spiro atoms. The number of furan rings is 1. The summed E-state index contributed by atoms with van der Waals surface area (Å²) >= 11 is 0. The fraction of sp³-hybridized carbons (Fsp3) is 0.250. The molecule has 0 saturated carbocycles. The number of rotatable bonds is 4. The Hall–Kier alpha value is -1.81. The van der Waals surface area contributed by atoms with Gasteiger partial charge >= 0.3 is 5.97 Å². The van der Waals surface area contributed by atoms with Gasteiger partial charge in [-0.2, -0.15) is 0 Å². The molecule has 4 heteroatoms. The van der Waals surface area contributed by atoms with Gasteiger partial charge in [0.05, 0.1) is 12.1 Å². The normalized spacial score (nSPS) is 10.8.